The van der Waals surface area contributed by atoms with Crippen molar-refractivity contribution in [3.63, 3.8) is 0 Å². The molecular formula is C10H25N3O. The van der Waals surface area contributed by atoms with Gasteiger partial charge in [-0.15, -0.1) is 0 Å². The fourth-order valence-electron chi connectivity index (χ4n) is 0.223. The summed E-state index contributed by atoms with van der Waals surface area (Å²) in [6.45, 7) is 10.5. The Morgan fingerprint density at radius 2 is 1.50 bits per heavy atom. The van der Waals surface area contributed by atoms with E-state index in [1.54, 1.807) is 11.1 Å². The Labute approximate surface area is 88.3 Å². The van der Waals surface area contributed by atoms with E-state index in [0.717, 1.165) is 0 Å². The van der Waals surface area contributed by atoms with Gasteiger partial charge in [0.05, 0.1) is 0 Å². The monoisotopic (exact) mass is 203 g/mol. The Kier molecular flexibility index (Phi) is 49.0. The molecule has 0 fully saturated rings. The second-order valence-corrected chi connectivity index (χ2v) is 1.68. The highest BCUT2D eigenvalue weighted by molar-refractivity contribution is 5.85. The number of primary amides is 1. The number of rotatable bonds is 2. The second-order valence-electron chi connectivity index (χ2n) is 1.68. The van der Waals surface area contributed by atoms with E-state index in [2.05, 4.69) is 6.72 Å². The summed E-state index contributed by atoms with van der Waals surface area (Å²) in [5, 5.41) is 5.50. The van der Waals surface area contributed by atoms with Crippen molar-refractivity contribution in [1.82, 2.24) is 4.90 Å². The van der Waals surface area contributed by atoms with Crippen LogP contribution in [0.5, 0.6) is 0 Å². The fraction of sp³-hybridized carbons (Fsp3) is 0.600. The van der Waals surface area contributed by atoms with Gasteiger partial charge < -0.3 is 16.0 Å². The topological polar surface area (TPSA) is 70.2 Å². The van der Waals surface area contributed by atoms with Gasteiger partial charge in [-0.2, -0.15) is 0 Å². The normalized spacial score (nSPS) is 6.71. The van der Waals surface area contributed by atoms with Gasteiger partial charge >= 0.3 is 0 Å². The number of hydrogen-bond acceptors (Lipinski definition) is 3. The average Bonchev–Trinajstić information content (AvgIpc) is 2.24. The summed E-state index contributed by atoms with van der Waals surface area (Å²) in [6.07, 6.45) is 2.91. The smallest absolute Gasteiger partial charge is 0.242 e. The molecule has 4 heteroatoms. The van der Waals surface area contributed by atoms with Crippen molar-refractivity contribution in [2.45, 2.75) is 27.7 Å². The molecule has 0 unspecified atom stereocenters. The van der Waals surface area contributed by atoms with Crippen LogP contribution >= 0.6 is 0 Å². The van der Waals surface area contributed by atoms with Crippen LogP contribution in [0, 0.1) is 5.41 Å². The lowest BCUT2D eigenvalue weighted by Crippen LogP contribution is -2.09. The molecular weight excluding hydrogens is 178 g/mol. The van der Waals surface area contributed by atoms with Gasteiger partial charge in [-0.25, -0.2) is 0 Å². The van der Waals surface area contributed by atoms with E-state index in [0.29, 0.717) is 0 Å². The molecule has 0 aromatic rings. The molecule has 0 aromatic carbocycles. The average molecular weight is 203 g/mol. The first kappa shape index (κ1) is 23.0. The molecule has 0 aliphatic carbocycles. The lowest BCUT2D eigenvalue weighted by atomic mass is 10.6. The third kappa shape index (κ3) is 73.9. The number of amides is 1. The van der Waals surface area contributed by atoms with E-state index in [-0.39, 0.29) is 0 Å². The summed E-state index contributed by atoms with van der Waals surface area (Å²) in [5.74, 6) is -0.418. The maximum Gasteiger partial charge on any atom is 0.242 e. The molecule has 4 nitrogen and oxygen atoms in total. The summed E-state index contributed by atoms with van der Waals surface area (Å²) in [4.78, 5) is 11.8. The minimum absolute atomic E-state index is 0.418. The Morgan fingerprint density at radius 1 is 1.21 bits per heavy atom. The van der Waals surface area contributed by atoms with Crippen LogP contribution < -0.4 is 5.73 Å². The molecule has 0 radical (unpaired) electrons. The SMILES string of the molecule is C=N.CC.CC.CN(C)/C=C/C(N)=O. The molecule has 0 bridgehead atoms. The minimum Gasteiger partial charge on any atom is -0.383 e. The van der Waals surface area contributed by atoms with E-state index in [4.69, 9.17) is 11.1 Å². The van der Waals surface area contributed by atoms with E-state index in [1.807, 2.05) is 41.8 Å². The molecule has 0 atom stereocenters. The maximum absolute atomic E-state index is 10.0. The predicted molar refractivity (Wildman–Crippen MR) is 64.6 cm³/mol. The van der Waals surface area contributed by atoms with Crippen LogP contribution in [0.2, 0.25) is 0 Å². The Bertz CT molecular complexity index is 123. The van der Waals surface area contributed by atoms with Gasteiger partial charge in [-0.3, -0.25) is 4.79 Å². The molecule has 86 valence electrons. The summed E-state index contributed by atoms with van der Waals surface area (Å²) >= 11 is 0. The van der Waals surface area contributed by atoms with Crippen molar-refractivity contribution in [3.05, 3.63) is 12.3 Å². The van der Waals surface area contributed by atoms with Gasteiger partial charge in [-0.05, 0) is 6.72 Å². The standard InChI is InChI=1S/C5H10N2O.2C2H6.CH3N/c1-7(2)4-3-5(6)8;3*1-2/h3-4H,1-2H3,(H2,6,8);2*1-2H3;2H,1H2/b4-3+;;;. The van der Waals surface area contributed by atoms with Gasteiger partial charge in [-0.1, -0.05) is 27.7 Å². The zero-order chi connectivity index (χ0) is 12.6. The van der Waals surface area contributed by atoms with E-state index >= 15 is 0 Å². The third-order valence-corrected chi connectivity index (χ3v) is 0.537. The van der Waals surface area contributed by atoms with Crippen LogP contribution in [0.15, 0.2) is 12.3 Å². The predicted octanol–water partition coefficient (Wildman–Crippen LogP) is 1.87. The molecule has 3 N–H and O–H groups in total. The number of nitrogens with zero attached hydrogens (tertiary/aromatic N) is 1. The first-order chi connectivity index (χ1) is 6.63. The first-order valence-corrected chi connectivity index (χ1v) is 4.62. The maximum atomic E-state index is 10.0. The molecule has 0 aliphatic heterocycles. The molecule has 0 rings (SSSR count). The lowest BCUT2D eigenvalue weighted by molar-refractivity contribution is -0.113. The second kappa shape index (κ2) is 29.9. The van der Waals surface area contributed by atoms with Crippen molar-refractivity contribution in [2.75, 3.05) is 14.1 Å². The van der Waals surface area contributed by atoms with Crippen LogP contribution in [0.1, 0.15) is 27.7 Å². The fourth-order valence-corrected chi connectivity index (χ4v) is 0.223. The van der Waals surface area contributed by atoms with Crippen LogP contribution in [0.25, 0.3) is 0 Å². The number of hydrogen-bond donors (Lipinski definition) is 2. The zero-order valence-corrected chi connectivity index (χ0v) is 10.3. The number of nitrogens with one attached hydrogen (secondary N) is 1. The molecule has 0 aromatic heterocycles. The summed E-state index contributed by atoms with van der Waals surface area (Å²) in [6, 6.07) is 0. The number of nitrogens with two attached hydrogens (primary N) is 1. The quantitative estimate of drug-likeness (QED) is 0.531. The minimum atomic E-state index is -0.418. The molecule has 0 saturated carbocycles. The van der Waals surface area contributed by atoms with Crippen LogP contribution in [-0.2, 0) is 4.79 Å². The van der Waals surface area contributed by atoms with Gasteiger partial charge in [0, 0.05) is 26.4 Å². The molecule has 0 heterocycles. The molecule has 14 heavy (non-hydrogen) atoms. The van der Waals surface area contributed by atoms with E-state index in [9.17, 15) is 4.79 Å². The number of carbonyl (C=O) groups excluding carboxylic acids is 1. The lowest BCUT2D eigenvalue weighted by Gasteiger charge is -2.00. The number of carbonyl (C=O) groups is 1. The Balaban J connectivity index is -0.0000000708. The molecule has 1 amide bonds. The highest BCUT2D eigenvalue weighted by atomic mass is 16.1. The largest absolute Gasteiger partial charge is 0.383 e. The zero-order valence-electron chi connectivity index (χ0n) is 10.3. The highest BCUT2D eigenvalue weighted by Gasteiger charge is 1.80. The van der Waals surface area contributed by atoms with Crippen LogP contribution in [0.3, 0.4) is 0 Å². The Morgan fingerprint density at radius 3 is 1.57 bits per heavy atom. The van der Waals surface area contributed by atoms with Crippen LogP contribution in [0.4, 0.5) is 0 Å². The third-order valence-electron chi connectivity index (χ3n) is 0.537. The summed E-state index contributed by atoms with van der Waals surface area (Å²) < 4.78 is 0. The van der Waals surface area contributed by atoms with Gasteiger partial charge in [0.15, 0.2) is 0 Å². The first-order valence-electron chi connectivity index (χ1n) is 4.62. The Hall–Kier alpha value is -1.32. The highest BCUT2D eigenvalue weighted by Crippen LogP contribution is 1.73. The van der Waals surface area contributed by atoms with Crippen molar-refractivity contribution >= 4 is 12.6 Å². The van der Waals surface area contributed by atoms with Crippen molar-refractivity contribution in [2.24, 2.45) is 5.73 Å². The van der Waals surface area contributed by atoms with E-state index < -0.39 is 5.91 Å². The van der Waals surface area contributed by atoms with Crippen molar-refractivity contribution < 1.29 is 4.79 Å². The summed E-state index contributed by atoms with van der Waals surface area (Å²) in [7, 11) is 3.64. The van der Waals surface area contributed by atoms with Gasteiger partial charge in [0.1, 0.15) is 0 Å². The van der Waals surface area contributed by atoms with Crippen molar-refractivity contribution in [3.8, 4) is 0 Å². The van der Waals surface area contributed by atoms with Gasteiger partial charge in [0.2, 0.25) is 5.91 Å². The van der Waals surface area contributed by atoms with Crippen LogP contribution in [-0.4, -0.2) is 31.6 Å². The molecule has 0 saturated heterocycles. The molecule has 0 spiro atoms. The molecule has 0 aliphatic rings. The van der Waals surface area contributed by atoms with Gasteiger partial charge in [0.25, 0.3) is 0 Å². The van der Waals surface area contributed by atoms with Crippen molar-refractivity contribution in [1.29, 1.82) is 5.41 Å². The summed E-state index contributed by atoms with van der Waals surface area (Å²) in [5.41, 5.74) is 4.79. The van der Waals surface area contributed by atoms with E-state index in [1.165, 1.54) is 6.08 Å².